The highest BCUT2D eigenvalue weighted by Gasteiger charge is 2.28. The van der Waals surface area contributed by atoms with Crippen molar-refractivity contribution in [3.63, 3.8) is 0 Å². The molecule has 0 radical (unpaired) electrons. The summed E-state index contributed by atoms with van der Waals surface area (Å²) in [5.74, 6) is 0.634. The van der Waals surface area contributed by atoms with Gasteiger partial charge >= 0.3 is 0 Å². The lowest BCUT2D eigenvalue weighted by Crippen LogP contribution is -2.45. The Balaban J connectivity index is 1.72. The molecule has 0 spiro atoms. The van der Waals surface area contributed by atoms with E-state index in [0.717, 1.165) is 28.9 Å². The topological polar surface area (TPSA) is 29.3 Å². The molecule has 0 aliphatic carbocycles. The first-order chi connectivity index (χ1) is 8.74. The minimum absolute atomic E-state index is 0.634. The molecule has 2 N–H and O–H groups in total. The maximum atomic E-state index is 6.04. The Kier molecular flexibility index (Phi) is 3.00. The van der Waals surface area contributed by atoms with Crippen molar-refractivity contribution in [2.75, 3.05) is 23.7 Å². The van der Waals surface area contributed by atoms with Gasteiger partial charge in [-0.3, -0.25) is 0 Å². The molecule has 1 fully saturated rings. The van der Waals surface area contributed by atoms with Gasteiger partial charge in [0, 0.05) is 23.5 Å². The van der Waals surface area contributed by atoms with Gasteiger partial charge in [-0.25, -0.2) is 0 Å². The monoisotopic (exact) mass is 302 g/mol. The molecule has 3 heteroatoms. The van der Waals surface area contributed by atoms with Crippen LogP contribution in [0.15, 0.2) is 53.0 Å². The van der Waals surface area contributed by atoms with E-state index in [1.165, 1.54) is 5.56 Å². The van der Waals surface area contributed by atoms with Crippen LogP contribution in [0.2, 0.25) is 0 Å². The van der Waals surface area contributed by atoms with Crippen molar-refractivity contribution in [1.29, 1.82) is 0 Å². The second-order valence-electron chi connectivity index (χ2n) is 4.72. The van der Waals surface area contributed by atoms with E-state index in [9.17, 15) is 0 Å². The lowest BCUT2D eigenvalue weighted by atomic mass is 9.91. The van der Waals surface area contributed by atoms with Crippen LogP contribution in [-0.2, 0) is 0 Å². The molecule has 1 aliphatic rings. The lowest BCUT2D eigenvalue weighted by molar-refractivity contribution is 0.526. The van der Waals surface area contributed by atoms with Crippen LogP contribution in [0.5, 0.6) is 0 Å². The maximum absolute atomic E-state index is 6.04. The van der Waals surface area contributed by atoms with Gasteiger partial charge in [-0.2, -0.15) is 0 Å². The number of anilines is 2. The SMILES string of the molecule is Nc1cc(Br)ccc1N1CC(c2ccccc2)C1. The first-order valence-corrected chi connectivity index (χ1v) is 6.88. The van der Waals surface area contributed by atoms with Crippen LogP contribution in [0.3, 0.4) is 0 Å². The average Bonchev–Trinajstić information content (AvgIpc) is 2.31. The summed E-state index contributed by atoms with van der Waals surface area (Å²) in [6.07, 6.45) is 0. The number of benzene rings is 2. The van der Waals surface area contributed by atoms with Crippen molar-refractivity contribution in [1.82, 2.24) is 0 Å². The van der Waals surface area contributed by atoms with E-state index in [2.05, 4.69) is 57.2 Å². The van der Waals surface area contributed by atoms with Crippen LogP contribution < -0.4 is 10.6 Å². The van der Waals surface area contributed by atoms with Gasteiger partial charge in [0.25, 0.3) is 0 Å². The standard InChI is InChI=1S/C15H15BrN2/c16-13-6-7-15(14(17)8-13)18-9-12(10-18)11-4-2-1-3-5-11/h1-8,12H,9-10,17H2. The Morgan fingerprint density at radius 2 is 1.78 bits per heavy atom. The molecule has 2 aromatic rings. The van der Waals surface area contributed by atoms with Crippen molar-refractivity contribution in [3.05, 3.63) is 58.6 Å². The summed E-state index contributed by atoms with van der Waals surface area (Å²) in [6, 6.07) is 16.8. The van der Waals surface area contributed by atoms with E-state index in [0.29, 0.717) is 5.92 Å². The summed E-state index contributed by atoms with van der Waals surface area (Å²) in [5.41, 5.74) is 9.45. The summed E-state index contributed by atoms with van der Waals surface area (Å²) >= 11 is 3.44. The highest BCUT2D eigenvalue weighted by molar-refractivity contribution is 9.10. The molecule has 0 bridgehead atoms. The molecule has 3 rings (SSSR count). The molecule has 0 atom stereocenters. The normalized spacial score (nSPS) is 15.5. The quantitative estimate of drug-likeness (QED) is 0.858. The largest absolute Gasteiger partial charge is 0.397 e. The van der Waals surface area contributed by atoms with E-state index in [4.69, 9.17) is 5.73 Å². The fourth-order valence-electron chi connectivity index (χ4n) is 2.42. The zero-order valence-corrected chi connectivity index (χ0v) is 11.6. The predicted molar refractivity (Wildman–Crippen MR) is 80.0 cm³/mol. The van der Waals surface area contributed by atoms with E-state index < -0.39 is 0 Å². The average molecular weight is 303 g/mol. The number of nitrogens with two attached hydrogens (primary N) is 1. The van der Waals surface area contributed by atoms with Gasteiger partial charge in [-0.05, 0) is 23.8 Å². The van der Waals surface area contributed by atoms with Crippen LogP contribution in [0.25, 0.3) is 0 Å². The van der Waals surface area contributed by atoms with E-state index in [1.54, 1.807) is 0 Å². The van der Waals surface area contributed by atoms with E-state index >= 15 is 0 Å². The highest BCUT2D eigenvalue weighted by atomic mass is 79.9. The molecule has 2 aromatic carbocycles. The van der Waals surface area contributed by atoms with Gasteiger partial charge in [-0.15, -0.1) is 0 Å². The lowest BCUT2D eigenvalue weighted by Gasteiger charge is -2.42. The molecule has 1 saturated heterocycles. The van der Waals surface area contributed by atoms with Gasteiger partial charge in [0.2, 0.25) is 0 Å². The minimum atomic E-state index is 0.634. The Bertz CT molecular complexity index is 548. The van der Waals surface area contributed by atoms with Crippen LogP contribution in [0, 0.1) is 0 Å². The number of halogens is 1. The van der Waals surface area contributed by atoms with Crippen LogP contribution in [0.4, 0.5) is 11.4 Å². The second kappa shape index (κ2) is 4.65. The summed E-state index contributed by atoms with van der Waals surface area (Å²) in [6.45, 7) is 2.10. The smallest absolute Gasteiger partial charge is 0.0601 e. The molecule has 2 nitrogen and oxygen atoms in total. The van der Waals surface area contributed by atoms with E-state index in [-0.39, 0.29) is 0 Å². The Hall–Kier alpha value is -1.48. The summed E-state index contributed by atoms with van der Waals surface area (Å²) in [4.78, 5) is 2.33. The van der Waals surface area contributed by atoms with Crippen LogP contribution >= 0.6 is 15.9 Å². The van der Waals surface area contributed by atoms with Gasteiger partial charge in [-0.1, -0.05) is 46.3 Å². The Morgan fingerprint density at radius 3 is 2.44 bits per heavy atom. The number of nitrogen functional groups attached to an aromatic ring is 1. The third-order valence-electron chi connectivity index (χ3n) is 3.48. The van der Waals surface area contributed by atoms with Crippen molar-refractivity contribution in [2.45, 2.75) is 5.92 Å². The summed E-state index contributed by atoms with van der Waals surface area (Å²) in [5, 5.41) is 0. The molecule has 0 aromatic heterocycles. The van der Waals surface area contributed by atoms with Gasteiger partial charge < -0.3 is 10.6 Å². The summed E-state index contributed by atoms with van der Waals surface area (Å²) in [7, 11) is 0. The van der Waals surface area contributed by atoms with Crippen molar-refractivity contribution in [2.24, 2.45) is 0 Å². The molecule has 1 aliphatic heterocycles. The third kappa shape index (κ3) is 2.10. The molecular weight excluding hydrogens is 288 g/mol. The number of hydrogen-bond donors (Lipinski definition) is 1. The highest BCUT2D eigenvalue weighted by Crippen LogP contribution is 2.35. The zero-order valence-electron chi connectivity index (χ0n) is 10.0. The molecule has 1 heterocycles. The maximum Gasteiger partial charge on any atom is 0.0601 e. The predicted octanol–water partition coefficient (Wildman–Crippen LogP) is 3.64. The van der Waals surface area contributed by atoms with Crippen molar-refractivity contribution < 1.29 is 0 Å². The zero-order chi connectivity index (χ0) is 12.5. The number of rotatable bonds is 2. The van der Waals surface area contributed by atoms with Crippen molar-refractivity contribution in [3.8, 4) is 0 Å². The van der Waals surface area contributed by atoms with Gasteiger partial charge in [0.05, 0.1) is 11.4 Å². The Labute approximate surface area is 116 Å². The minimum Gasteiger partial charge on any atom is -0.397 e. The molecule has 0 saturated carbocycles. The van der Waals surface area contributed by atoms with Gasteiger partial charge in [0.1, 0.15) is 0 Å². The first-order valence-electron chi connectivity index (χ1n) is 6.09. The molecular formula is C15H15BrN2. The molecule has 92 valence electrons. The number of nitrogens with zero attached hydrogens (tertiary/aromatic N) is 1. The Morgan fingerprint density at radius 1 is 1.06 bits per heavy atom. The van der Waals surface area contributed by atoms with E-state index in [1.807, 2.05) is 12.1 Å². The van der Waals surface area contributed by atoms with Crippen molar-refractivity contribution >= 4 is 27.3 Å². The molecule has 18 heavy (non-hydrogen) atoms. The first kappa shape index (κ1) is 11.6. The third-order valence-corrected chi connectivity index (χ3v) is 3.98. The van der Waals surface area contributed by atoms with Crippen LogP contribution in [0.1, 0.15) is 11.5 Å². The number of hydrogen-bond acceptors (Lipinski definition) is 2. The molecule has 0 amide bonds. The fraction of sp³-hybridized carbons (Fsp3) is 0.200. The second-order valence-corrected chi connectivity index (χ2v) is 5.63. The summed E-state index contributed by atoms with van der Waals surface area (Å²) < 4.78 is 1.03. The van der Waals surface area contributed by atoms with Gasteiger partial charge in [0.15, 0.2) is 0 Å². The molecule has 0 unspecified atom stereocenters. The van der Waals surface area contributed by atoms with Crippen LogP contribution in [-0.4, -0.2) is 13.1 Å². The fourth-order valence-corrected chi connectivity index (χ4v) is 2.80.